The highest BCUT2D eigenvalue weighted by molar-refractivity contribution is 5.79. The van der Waals surface area contributed by atoms with Gasteiger partial charge in [-0.05, 0) is 56.2 Å². The van der Waals surface area contributed by atoms with E-state index in [1.165, 1.54) is 0 Å². The smallest absolute Gasteiger partial charge is 0.225 e. The molecule has 1 N–H and O–H groups in total. The van der Waals surface area contributed by atoms with Crippen molar-refractivity contribution in [3.8, 4) is 22.8 Å². The molecule has 1 unspecified atom stereocenters. The Morgan fingerprint density at radius 3 is 2.45 bits per heavy atom. The van der Waals surface area contributed by atoms with E-state index < -0.39 is 0 Å². The standard InChI is InChI=1S/C26H30N4O3/c1-2-32-22-10-12-23(13-11-22)33-18-16-27-26(31)21-9-6-17-30(19-21)25-15-14-24(28-29-25)20-7-4-3-5-8-20/h3-5,7-8,10-15,21H,2,6,9,16-19H2,1H3,(H,27,31). The van der Waals surface area contributed by atoms with Crippen LogP contribution >= 0.6 is 0 Å². The largest absolute Gasteiger partial charge is 0.494 e. The fraction of sp³-hybridized carbons (Fsp3) is 0.346. The summed E-state index contributed by atoms with van der Waals surface area (Å²) in [5, 5.41) is 11.8. The molecule has 0 aliphatic carbocycles. The minimum atomic E-state index is -0.0696. The Morgan fingerprint density at radius 1 is 1.00 bits per heavy atom. The molecule has 0 bridgehead atoms. The van der Waals surface area contributed by atoms with Crippen LogP contribution in [0, 0.1) is 5.92 Å². The summed E-state index contributed by atoms with van der Waals surface area (Å²) in [4.78, 5) is 14.8. The van der Waals surface area contributed by atoms with E-state index in [9.17, 15) is 4.79 Å². The van der Waals surface area contributed by atoms with Crippen LogP contribution < -0.4 is 19.7 Å². The van der Waals surface area contributed by atoms with E-state index in [4.69, 9.17) is 9.47 Å². The Morgan fingerprint density at radius 2 is 1.76 bits per heavy atom. The van der Waals surface area contributed by atoms with Gasteiger partial charge in [-0.1, -0.05) is 30.3 Å². The Kier molecular flexibility index (Phi) is 7.74. The van der Waals surface area contributed by atoms with Crippen molar-refractivity contribution < 1.29 is 14.3 Å². The molecule has 4 rings (SSSR count). The summed E-state index contributed by atoms with van der Waals surface area (Å²) in [7, 11) is 0. The molecular weight excluding hydrogens is 416 g/mol. The molecule has 1 aromatic heterocycles. The van der Waals surface area contributed by atoms with Gasteiger partial charge in [0.2, 0.25) is 5.91 Å². The fourth-order valence-electron chi connectivity index (χ4n) is 3.94. The molecule has 1 aliphatic heterocycles. The van der Waals surface area contributed by atoms with Gasteiger partial charge in [0, 0.05) is 18.7 Å². The third-order valence-electron chi connectivity index (χ3n) is 5.64. The van der Waals surface area contributed by atoms with Gasteiger partial charge in [0.1, 0.15) is 18.1 Å². The van der Waals surface area contributed by atoms with Gasteiger partial charge in [0.25, 0.3) is 0 Å². The van der Waals surface area contributed by atoms with Gasteiger partial charge in [-0.15, -0.1) is 10.2 Å². The van der Waals surface area contributed by atoms with Crippen molar-refractivity contribution in [2.45, 2.75) is 19.8 Å². The highest BCUT2D eigenvalue weighted by atomic mass is 16.5. The summed E-state index contributed by atoms with van der Waals surface area (Å²) in [6.45, 7) is 5.00. The second kappa shape index (κ2) is 11.3. The van der Waals surface area contributed by atoms with Crippen LogP contribution in [0.2, 0.25) is 0 Å². The average Bonchev–Trinajstić information content (AvgIpc) is 2.88. The van der Waals surface area contributed by atoms with Gasteiger partial charge >= 0.3 is 0 Å². The number of ether oxygens (including phenoxy) is 2. The predicted octanol–water partition coefficient (Wildman–Crippen LogP) is 3.95. The number of nitrogens with zero attached hydrogens (tertiary/aromatic N) is 3. The number of carbonyl (C=O) groups is 1. The molecule has 2 heterocycles. The molecule has 1 amide bonds. The lowest BCUT2D eigenvalue weighted by molar-refractivity contribution is -0.125. The van der Waals surface area contributed by atoms with E-state index in [0.717, 1.165) is 48.0 Å². The van der Waals surface area contributed by atoms with Crippen molar-refractivity contribution in [3.63, 3.8) is 0 Å². The van der Waals surface area contributed by atoms with E-state index in [0.29, 0.717) is 26.3 Å². The number of hydrogen-bond acceptors (Lipinski definition) is 6. The maximum absolute atomic E-state index is 12.7. The summed E-state index contributed by atoms with van der Waals surface area (Å²) in [5.41, 5.74) is 1.89. The Balaban J connectivity index is 1.23. The number of piperidine rings is 1. The van der Waals surface area contributed by atoms with E-state index in [-0.39, 0.29) is 11.8 Å². The predicted molar refractivity (Wildman–Crippen MR) is 129 cm³/mol. The number of benzene rings is 2. The minimum Gasteiger partial charge on any atom is -0.494 e. The lowest BCUT2D eigenvalue weighted by Gasteiger charge is -2.32. The Labute approximate surface area is 194 Å². The highest BCUT2D eigenvalue weighted by Crippen LogP contribution is 2.23. The van der Waals surface area contributed by atoms with Crippen LogP contribution in [0.3, 0.4) is 0 Å². The van der Waals surface area contributed by atoms with Crippen molar-refractivity contribution in [1.29, 1.82) is 0 Å². The van der Waals surface area contributed by atoms with Crippen LogP contribution in [-0.4, -0.2) is 49.0 Å². The molecule has 7 nitrogen and oxygen atoms in total. The second-order valence-corrected chi connectivity index (χ2v) is 7.97. The first-order valence-corrected chi connectivity index (χ1v) is 11.5. The molecule has 7 heteroatoms. The second-order valence-electron chi connectivity index (χ2n) is 7.97. The van der Waals surface area contributed by atoms with Gasteiger partial charge < -0.3 is 19.7 Å². The van der Waals surface area contributed by atoms with Crippen LogP contribution in [0.4, 0.5) is 5.82 Å². The average molecular weight is 447 g/mol. The first-order chi connectivity index (χ1) is 16.2. The third kappa shape index (κ3) is 6.22. The van der Waals surface area contributed by atoms with Gasteiger partial charge in [-0.25, -0.2) is 0 Å². The zero-order chi connectivity index (χ0) is 22.9. The number of anilines is 1. The molecule has 0 radical (unpaired) electrons. The number of amides is 1. The number of hydrogen-bond donors (Lipinski definition) is 1. The van der Waals surface area contributed by atoms with Gasteiger partial charge in [-0.3, -0.25) is 4.79 Å². The summed E-state index contributed by atoms with van der Waals surface area (Å²) in [6, 6.07) is 21.5. The molecule has 2 aromatic carbocycles. The van der Waals surface area contributed by atoms with Gasteiger partial charge in [-0.2, -0.15) is 0 Å². The third-order valence-corrected chi connectivity index (χ3v) is 5.64. The Bertz CT molecular complexity index is 1010. The molecule has 1 atom stereocenters. The molecule has 33 heavy (non-hydrogen) atoms. The molecule has 1 aliphatic rings. The van der Waals surface area contributed by atoms with E-state index in [1.54, 1.807) is 0 Å². The fourth-order valence-corrected chi connectivity index (χ4v) is 3.94. The van der Waals surface area contributed by atoms with E-state index >= 15 is 0 Å². The van der Waals surface area contributed by atoms with Crippen LogP contribution in [0.5, 0.6) is 11.5 Å². The monoisotopic (exact) mass is 446 g/mol. The number of nitrogens with one attached hydrogen (secondary N) is 1. The molecule has 0 saturated carbocycles. The highest BCUT2D eigenvalue weighted by Gasteiger charge is 2.26. The van der Waals surface area contributed by atoms with Crippen LogP contribution in [0.25, 0.3) is 11.3 Å². The zero-order valence-corrected chi connectivity index (χ0v) is 18.9. The first kappa shape index (κ1) is 22.6. The molecule has 3 aromatic rings. The minimum absolute atomic E-state index is 0.0591. The summed E-state index contributed by atoms with van der Waals surface area (Å²) in [6.07, 6.45) is 1.82. The molecule has 1 saturated heterocycles. The van der Waals surface area contributed by atoms with E-state index in [1.807, 2.05) is 73.7 Å². The molecular formula is C26H30N4O3. The number of carbonyl (C=O) groups excluding carboxylic acids is 1. The van der Waals surface area contributed by atoms with Crippen molar-refractivity contribution >= 4 is 11.7 Å². The lowest BCUT2D eigenvalue weighted by atomic mass is 9.97. The Hall–Kier alpha value is -3.61. The molecule has 172 valence electrons. The van der Waals surface area contributed by atoms with Crippen molar-refractivity contribution in [2.75, 3.05) is 37.7 Å². The zero-order valence-electron chi connectivity index (χ0n) is 18.9. The summed E-state index contributed by atoms with van der Waals surface area (Å²) >= 11 is 0. The number of rotatable bonds is 9. The summed E-state index contributed by atoms with van der Waals surface area (Å²) < 4.78 is 11.1. The molecule has 0 spiro atoms. The lowest BCUT2D eigenvalue weighted by Crippen LogP contribution is -2.44. The van der Waals surface area contributed by atoms with Crippen molar-refractivity contribution in [1.82, 2.24) is 15.5 Å². The topological polar surface area (TPSA) is 76.6 Å². The van der Waals surface area contributed by atoms with Crippen LogP contribution in [0.15, 0.2) is 66.7 Å². The van der Waals surface area contributed by atoms with Crippen LogP contribution in [-0.2, 0) is 4.79 Å². The van der Waals surface area contributed by atoms with Crippen molar-refractivity contribution in [3.05, 3.63) is 66.7 Å². The number of aromatic nitrogens is 2. The SMILES string of the molecule is CCOc1ccc(OCCNC(=O)C2CCCN(c3ccc(-c4ccccc4)nn3)C2)cc1. The van der Waals surface area contributed by atoms with Crippen LogP contribution in [0.1, 0.15) is 19.8 Å². The quantitative estimate of drug-likeness (QED) is 0.502. The van der Waals surface area contributed by atoms with E-state index in [2.05, 4.69) is 20.4 Å². The first-order valence-electron chi connectivity index (χ1n) is 11.5. The summed E-state index contributed by atoms with van der Waals surface area (Å²) in [5.74, 6) is 2.38. The van der Waals surface area contributed by atoms with Gasteiger partial charge in [0.15, 0.2) is 5.82 Å². The molecule has 1 fully saturated rings. The maximum Gasteiger partial charge on any atom is 0.225 e. The maximum atomic E-state index is 12.7. The van der Waals surface area contributed by atoms with Gasteiger partial charge in [0.05, 0.1) is 24.8 Å². The normalized spacial score (nSPS) is 15.7. The van der Waals surface area contributed by atoms with Crippen molar-refractivity contribution in [2.24, 2.45) is 5.92 Å².